The number of nitrogens with zero attached hydrogens (tertiary/aromatic N) is 8. The molecule has 6 rings (SSSR count). The zero-order chi connectivity index (χ0) is 35.6. The van der Waals surface area contributed by atoms with E-state index in [2.05, 4.69) is 25.3 Å². The van der Waals surface area contributed by atoms with Gasteiger partial charge in [-0.15, -0.1) is 20.4 Å². The first kappa shape index (κ1) is 36.8. The van der Waals surface area contributed by atoms with Crippen LogP contribution < -0.4 is 14.5 Å². The molecule has 2 saturated heterocycles. The van der Waals surface area contributed by atoms with E-state index in [0.29, 0.717) is 101 Å². The van der Waals surface area contributed by atoms with Crippen LogP contribution in [-0.2, 0) is 4.74 Å². The Labute approximate surface area is 307 Å². The monoisotopic (exact) mass is 772 g/mol. The van der Waals surface area contributed by atoms with E-state index in [1.165, 1.54) is 12.0 Å². The second-order valence-corrected chi connectivity index (χ2v) is 14.2. The zero-order valence-corrected chi connectivity index (χ0v) is 30.8. The summed E-state index contributed by atoms with van der Waals surface area (Å²) in [6, 6.07) is 6.87. The van der Waals surface area contributed by atoms with Crippen LogP contribution >= 0.6 is 58.0 Å². The van der Waals surface area contributed by atoms with E-state index in [-0.39, 0.29) is 11.2 Å². The summed E-state index contributed by atoms with van der Waals surface area (Å²) in [5.41, 5.74) is -0.512. The Morgan fingerprint density at radius 2 is 1.08 bits per heavy atom. The third kappa shape index (κ3) is 8.46. The minimum Gasteiger partial charge on any atom is -0.479 e. The number of carbonyl (C=O) groups is 2. The Morgan fingerprint density at radius 1 is 0.653 bits per heavy atom. The normalized spacial score (nSPS) is 15.3. The Balaban J connectivity index is 0.000000192. The van der Waals surface area contributed by atoms with Crippen LogP contribution in [-0.4, -0.2) is 113 Å². The maximum atomic E-state index is 12.2. The van der Waals surface area contributed by atoms with Crippen molar-refractivity contribution in [2.45, 2.75) is 26.4 Å². The molecule has 2 aromatic carbocycles. The molecule has 2 amide bonds. The summed E-state index contributed by atoms with van der Waals surface area (Å²) in [6.45, 7) is 9.70. The van der Waals surface area contributed by atoms with Gasteiger partial charge >= 0.3 is 12.2 Å². The van der Waals surface area contributed by atoms with Crippen LogP contribution in [0.3, 0.4) is 0 Å². The molecule has 2 aliphatic rings. The zero-order valence-electron chi connectivity index (χ0n) is 27.0. The van der Waals surface area contributed by atoms with Crippen molar-refractivity contribution in [3.63, 3.8) is 0 Å². The van der Waals surface area contributed by atoms with Crippen LogP contribution in [0.25, 0.3) is 21.5 Å². The van der Waals surface area contributed by atoms with Gasteiger partial charge in [0, 0.05) is 68.5 Å². The number of piperazine rings is 2. The van der Waals surface area contributed by atoms with Gasteiger partial charge in [-0.2, -0.15) is 0 Å². The molecule has 0 unspecified atom stereocenters. The summed E-state index contributed by atoms with van der Waals surface area (Å²) in [5, 5.41) is 30.5. The minimum atomic E-state index is -0.912. The van der Waals surface area contributed by atoms with Gasteiger partial charge in [-0.1, -0.05) is 58.0 Å². The highest BCUT2D eigenvalue weighted by atomic mass is 35.5. The van der Waals surface area contributed by atoms with Gasteiger partial charge in [0.05, 0.1) is 32.6 Å². The summed E-state index contributed by atoms with van der Waals surface area (Å²) in [6.07, 6.45) is -1.22. The lowest BCUT2D eigenvalue weighted by Gasteiger charge is -2.36. The molecule has 2 fully saturated rings. The van der Waals surface area contributed by atoms with Crippen molar-refractivity contribution in [2.24, 2.45) is 0 Å². The molecule has 2 aliphatic heterocycles. The average Bonchev–Trinajstić information content (AvgIpc) is 3.06. The van der Waals surface area contributed by atoms with Crippen molar-refractivity contribution in [3.05, 3.63) is 49.5 Å². The Kier molecular flexibility index (Phi) is 11.4. The molecule has 49 heavy (non-hydrogen) atoms. The highest BCUT2D eigenvalue weighted by molar-refractivity contribution is 6.44. The second-order valence-electron chi connectivity index (χ2n) is 12.2. The van der Waals surface area contributed by atoms with E-state index in [9.17, 15) is 9.59 Å². The van der Waals surface area contributed by atoms with Gasteiger partial charge in [-0.05, 0) is 45.0 Å². The molecular weight excluding hydrogens is 742 g/mol. The number of carbonyl (C=O) groups excluding carboxylic acids is 1. The molecule has 18 heteroatoms. The third-order valence-electron chi connectivity index (χ3n) is 7.80. The van der Waals surface area contributed by atoms with E-state index in [4.69, 9.17) is 72.6 Å². The molecule has 2 aromatic heterocycles. The van der Waals surface area contributed by atoms with Crippen LogP contribution in [0, 0.1) is 0 Å². The van der Waals surface area contributed by atoms with Crippen LogP contribution in [0.15, 0.2) is 24.3 Å². The quantitative estimate of drug-likeness (QED) is 0.223. The number of hydrogen-bond acceptors (Lipinski definition) is 10. The van der Waals surface area contributed by atoms with E-state index < -0.39 is 11.7 Å². The van der Waals surface area contributed by atoms with Crippen LogP contribution in [0.1, 0.15) is 20.8 Å². The summed E-state index contributed by atoms with van der Waals surface area (Å²) >= 11 is 30.6. The lowest BCUT2D eigenvalue weighted by atomic mass is 10.1. The minimum absolute atomic E-state index is 0.273. The van der Waals surface area contributed by atoms with Gasteiger partial charge in [-0.25, -0.2) is 9.59 Å². The van der Waals surface area contributed by atoms with Gasteiger partial charge in [0.1, 0.15) is 5.60 Å². The van der Waals surface area contributed by atoms with E-state index in [1.807, 2.05) is 25.7 Å². The van der Waals surface area contributed by atoms with E-state index >= 15 is 0 Å². The number of rotatable bonds is 3. The average molecular weight is 775 g/mol. The van der Waals surface area contributed by atoms with Crippen LogP contribution in [0.2, 0.25) is 25.2 Å². The molecule has 0 atom stereocenters. The highest BCUT2D eigenvalue weighted by Crippen LogP contribution is 2.37. The van der Waals surface area contributed by atoms with Gasteiger partial charge in [0.15, 0.2) is 16.8 Å². The summed E-state index contributed by atoms with van der Waals surface area (Å²) in [5.74, 6) is 1.68. The van der Waals surface area contributed by atoms with Crippen molar-refractivity contribution in [1.82, 2.24) is 30.2 Å². The summed E-state index contributed by atoms with van der Waals surface area (Å²) in [4.78, 5) is 30.3. The fourth-order valence-electron chi connectivity index (χ4n) is 5.37. The summed E-state index contributed by atoms with van der Waals surface area (Å²) < 4.78 is 10.7. The topological polar surface area (TPSA) is 137 Å². The lowest BCUT2D eigenvalue weighted by Crippen LogP contribution is -2.50. The molecule has 4 aromatic rings. The van der Waals surface area contributed by atoms with Crippen molar-refractivity contribution >= 4 is 103 Å². The number of hydrogen-bond donors (Lipinski definition) is 1. The molecule has 1 N–H and O–H groups in total. The predicted molar refractivity (Wildman–Crippen MR) is 193 cm³/mol. The number of amides is 2. The Morgan fingerprint density at radius 3 is 1.55 bits per heavy atom. The predicted octanol–water partition coefficient (Wildman–Crippen LogP) is 7.39. The third-order valence-corrected chi connectivity index (χ3v) is 9.52. The van der Waals surface area contributed by atoms with Gasteiger partial charge < -0.3 is 34.2 Å². The molecule has 262 valence electrons. The first-order chi connectivity index (χ1) is 23.2. The number of benzene rings is 2. The molecule has 13 nitrogen and oxygen atoms in total. The summed E-state index contributed by atoms with van der Waals surface area (Å²) in [7, 11) is 1.51. The standard InChI is InChI=1S/C17H19Cl3N4O2.C14H14Cl2N4O3/c1-17(2,3)26-16(25)24-6-4-23(5-7-24)15-11-9-13(19)12(18)8-10(11)14(20)21-22-15;1-23-13-9-7-11(16)10(15)6-8(9)12(17-18-13)19-2-4-20(5-3-19)14(21)22/h8-9H,4-7H2,1-3H3;6-7H,2-5H2,1H3,(H,21,22). The Bertz CT molecular complexity index is 1880. The number of anilines is 2. The molecule has 0 spiro atoms. The molecule has 0 bridgehead atoms. The molecule has 0 saturated carbocycles. The van der Waals surface area contributed by atoms with E-state index in [1.54, 1.807) is 29.2 Å². The largest absolute Gasteiger partial charge is 0.479 e. The first-order valence-electron chi connectivity index (χ1n) is 15.1. The fourth-order valence-corrected chi connectivity index (χ4v) is 6.21. The highest BCUT2D eigenvalue weighted by Gasteiger charge is 2.28. The molecule has 0 aliphatic carbocycles. The molecule has 4 heterocycles. The SMILES string of the molecule is CC(C)(C)OC(=O)N1CCN(c2nnc(Cl)c3cc(Cl)c(Cl)cc23)CC1.COc1nnc(N2CCN(C(=O)O)CC2)c2cc(Cl)c(Cl)cc12. The van der Waals surface area contributed by atoms with Gasteiger partial charge in [0.25, 0.3) is 0 Å². The van der Waals surface area contributed by atoms with Crippen molar-refractivity contribution in [3.8, 4) is 5.88 Å². The smallest absolute Gasteiger partial charge is 0.410 e. The molecule has 0 radical (unpaired) electrons. The lowest BCUT2D eigenvalue weighted by molar-refractivity contribution is 0.0240. The van der Waals surface area contributed by atoms with E-state index in [0.717, 1.165) is 10.8 Å². The number of fused-ring (bicyclic) bond motifs is 2. The van der Waals surface area contributed by atoms with Gasteiger partial charge in [-0.3, -0.25) is 0 Å². The fraction of sp³-hybridized carbons (Fsp3) is 0.419. The van der Waals surface area contributed by atoms with Crippen molar-refractivity contribution < 1.29 is 24.2 Å². The number of ether oxygens (including phenoxy) is 2. The van der Waals surface area contributed by atoms with Crippen molar-refractivity contribution in [2.75, 3.05) is 69.3 Å². The maximum absolute atomic E-state index is 12.2. The van der Waals surface area contributed by atoms with Crippen molar-refractivity contribution in [1.29, 1.82) is 0 Å². The number of methoxy groups -OCH3 is 1. The van der Waals surface area contributed by atoms with Gasteiger partial charge in [0.2, 0.25) is 5.88 Å². The number of aromatic nitrogens is 4. The first-order valence-corrected chi connectivity index (χ1v) is 17.0. The van der Waals surface area contributed by atoms with Crippen LogP contribution in [0.4, 0.5) is 21.2 Å². The number of halogens is 5. The molecular formula is C31H33Cl5N8O5. The number of carboxylic acid groups (broad SMARTS) is 1. The van der Waals surface area contributed by atoms with Crippen LogP contribution in [0.5, 0.6) is 5.88 Å². The Hall–Kier alpha value is -3.49. The maximum Gasteiger partial charge on any atom is 0.410 e. The second kappa shape index (κ2) is 15.2.